The minimum absolute atomic E-state index is 0.0472. The van der Waals surface area contributed by atoms with E-state index in [2.05, 4.69) is 5.10 Å². The Balaban J connectivity index is 1.74. The number of rotatable bonds is 6. The van der Waals surface area contributed by atoms with E-state index in [4.69, 9.17) is 16.3 Å². The van der Waals surface area contributed by atoms with Gasteiger partial charge in [-0.2, -0.15) is 5.10 Å². The van der Waals surface area contributed by atoms with Crippen molar-refractivity contribution in [2.24, 2.45) is 0 Å². The van der Waals surface area contributed by atoms with Crippen LogP contribution >= 0.6 is 11.6 Å². The highest BCUT2D eigenvalue weighted by atomic mass is 35.5. The van der Waals surface area contributed by atoms with Crippen molar-refractivity contribution in [3.63, 3.8) is 0 Å². The van der Waals surface area contributed by atoms with Gasteiger partial charge in [-0.25, -0.2) is 9.07 Å². The van der Waals surface area contributed by atoms with Crippen LogP contribution in [0.3, 0.4) is 0 Å². The van der Waals surface area contributed by atoms with Gasteiger partial charge in [0.2, 0.25) is 0 Å². The topological polar surface area (TPSA) is 86.4 Å². The first kappa shape index (κ1) is 23.7. The van der Waals surface area contributed by atoms with Crippen LogP contribution in [0.2, 0.25) is 5.02 Å². The smallest absolute Gasteiger partial charge is 0.280 e. The third-order valence-corrected chi connectivity index (χ3v) is 6.49. The molecule has 0 bridgehead atoms. The number of benzene rings is 2. The van der Waals surface area contributed by atoms with Gasteiger partial charge in [0.25, 0.3) is 11.5 Å². The number of nitrogens with zero attached hydrogens (tertiary/aromatic N) is 4. The van der Waals surface area contributed by atoms with Crippen molar-refractivity contribution >= 4 is 34.2 Å². The second-order valence-corrected chi connectivity index (χ2v) is 9.08. The summed E-state index contributed by atoms with van der Waals surface area (Å²) in [6.45, 7) is 2.20. The van der Waals surface area contributed by atoms with Crippen LogP contribution in [0, 0.1) is 5.82 Å². The predicted octanol–water partition coefficient (Wildman–Crippen LogP) is 3.91. The number of aromatic nitrogens is 3. The number of ether oxygens (including phenoxy) is 1. The summed E-state index contributed by atoms with van der Waals surface area (Å²) in [5, 5.41) is 4.37. The highest BCUT2D eigenvalue weighted by molar-refractivity contribution is 6.30. The molecule has 8 nitrogen and oxygen atoms in total. The largest absolute Gasteiger partial charge is 0.486 e. The minimum atomic E-state index is -0.583. The monoisotopic (exact) mass is 508 g/mol. The maximum Gasteiger partial charge on any atom is 0.280 e. The van der Waals surface area contributed by atoms with E-state index in [1.54, 1.807) is 16.5 Å². The molecule has 0 aliphatic carbocycles. The summed E-state index contributed by atoms with van der Waals surface area (Å²) >= 11 is 5.92. The molecule has 184 valence electrons. The summed E-state index contributed by atoms with van der Waals surface area (Å²) < 4.78 is 22.6. The Morgan fingerprint density at radius 3 is 2.56 bits per heavy atom. The molecule has 0 spiro atoms. The normalized spacial score (nSPS) is 13.2. The molecule has 0 saturated heterocycles. The number of hydrogen-bond donors (Lipinski definition) is 0. The van der Waals surface area contributed by atoms with Crippen molar-refractivity contribution < 1.29 is 18.7 Å². The number of halogens is 2. The van der Waals surface area contributed by atoms with E-state index in [9.17, 15) is 18.8 Å². The minimum Gasteiger partial charge on any atom is -0.486 e. The number of ketones is 1. The van der Waals surface area contributed by atoms with Crippen LogP contribution in [0.25, 0.3) is 10.9 Å². The van der Waals surface area contributed by atoms with Crippen LogP contribution in [0.5, 0.6) is 5.75 Å². The highest BCUT2D eigenvalue weighted by Gasteiger charge is 2.34. The van der Waals surface area contributed by atoms with Crippen LogP contribution in [0.1, 0.15) is 39.0 Å². The quantitative estimate of drug-likeness (QED) is 0.369. The zero-order valence-electron chi connectivity index (χ0n) is 19.6. The molecule has 4 aromatic rings. The zero-order chi connectivity index (χ0) is 25.6. The Labute approximate surface area is 210 Å². The Bertz CT molecular complexity index is 1580. The molecule has 0 radical (unpaired) electrons. The van der Waals surface area contributed by atoms with Gasteiger partial charge in [0.05, 0.1) is 17.1 Å². The van der Waals surface area contributed by atoms with Crippen molar-refractivity contribution in [2.45, 2.75) is 26.6 Å². The molecule has 10 heteroatoms. The van der Waals surface area contributed by atoms with E-state index >= 15 is 0 Å². The lowest BCUT2D eigenvalue weighted by molar-refractivity contribution is 0.0744. The maximum atomic E-state index is 13.8. The molecule has 1 aliphatic rings. The van der Waals surface area contributed by atoms with E-state index in [0.717, 1.165) is 10.2 Å². The number of amides is 1. The molecule has 1 aliphatic heterocycles. The summed E-state index contributed by atoms with van der Waals surface area (Å²) in [5.74, 6) is -1.15. The van der Waals surface area contributed by atoms with Gasteiger partial charge in [0.15, 0.2) is 22.9 Å². The predicted molar refractivity (Wildman–Crippen MR) is 132 cm³/mol. The standard InChI is InChI=1S/C26H22ClFN4O4/c1-15(33)21-22-20(25(34)32(29-21)13-17-8-9-19(28)18(27)12-17)24(36-14-16-6-4-3-5-7-16)23-26(35)30(2)10-11-31(22)23/h3-9,12H,10-11,13-14H2,1-2H3. The van der Waals surface area contributed by atoms with E-state index in [1.165, 1.54) is 25.1 Å². The van der Waals surface area contributed by atoms with Crippen LogP contribution in [0.15, 0.2) is 53.3 Å². The molecular formula is C26H22ClFN4O4. The summed E-state index contributed by atoms with van der Waals surface area (Å²) in [4.78, 5) is 41.2. The lowest BCUT2D eigenvalue weighted by atomic mass is 10.2. The lowest BCUT2D eigenvalue weighted by Crippen LogP contribution is -2.37. The van der Waals surface area contributed by atoms with Crippen molar-refractivity contribution in [3.8, 4) is 5.75 Å². The summed E-state index contributed by atoms with van der Waals surface area (Å²) in [6, 6.07) is 13.4. The first-order valence-corrected chi connectivity index (χ1v) is 11.7. The summed E-state index contributed by atoms with van der Waals surface area (Å²) in [6.07, 6.45) is 0. The fourth-order valence-corrected chi connectivity index (χ4v) is 4.58. The number of likely N-dealkylation sites (N-methyl/N-ethyl adjacent to an activating group) is 1. The van der Waals surface area contributed by atoms with E-state index in [1.807, 2.05) is 30.3 Å². The zero-order valence-corrected chi connectivity index (χ0v) is 20.4. The Morgan fingerprint density at radius 2 is 1.86 bits per heavy atom. The van der Waals surface area contributed by atoms with Crippen molar-refractivity contribution in [1.29, 1.82) is 0 Å². The molecule has 36 heavy (non-hydrogen) atoms. The van der Waals surface area contributed by atoms with Crippen molar-refractivity contribution in [1.82, 2.24) is 19.2 Å². The fourth-order valence-electron chi connectivity index (χ4n) is 4.38. The Hall–Kier alpha value is -3.98. The van der Waals surface area contributed by atoms with E-state index < -0.39 is 11.4 Å². The van der Waals surface area contributed by atoms with Crippen molar-refractivity contribution in [2.75, 3.05) is 13.6 Å². The second kappa shape index (κ2) is 9.23. The van der Waals surface area contributed by atoms with Crippen LogP contribution < -0.4 is 10.3 Å². The molecule has 3 heterocycles. The summed E-state index contributed by atoms with van der Waals surface area (Å²) in [7, 11) is 1.67. The fraction of sp³-hybridized carbons (Fsp3) is 0.231. The molecule has 0 atom stereocenters. The number of hydrogen-bond acceptors (Lipinski definition) is 5. The molecule has 2 aromatic carbocycles. The Kier molecular flexibility index (Phi) is 6.09. The average molecular weight is 509 g/mol. The lowest BCUT2D eigenvalue weighted by Gasteiger charge is -2.25. The van der Waals surface area contributed by atoms with Crippen LogP contribution in [0.4, 0.5) is 4.39 Å². The molecule has 0 fully saturated rings. The van der Waals surface area contributed by atoms with Gasteiger partial charge >= 0.3 is 0 Å². The van der Waals surface area contributed by atoms with Gasteiger partial charge in [-0.3, -0.25) is 14.4 Å². The third-order valence-electron chi connectivity index (χ3n) is 6.20. The van der Waals surface area contributed by atoms with Gasteiger partial charge in [-0.1, -0.05) is 48.0 Å². The van der Waals surface area contributed by atoms with Gasteiger partial charge < -0.3 is 14.2 Å². The number of Topliss-reactive ketones (excluding diaryl/α,β-unsaturated/α-hetero) is 1. The van der Waals surface area contributed by atoms with Gasteiger partial charge in [0, 0.05) is 27.1 Å². The number of fused-ring (bicyclic) bond motifs is 3. The average Bonchev–Trinajstić information content (AvgIpc) is 3.19. The molecule has 5 rings (SSSR count). The van der Waals surface area contributed by atoms with Crippen LogP contribution in [-0.4, -0.2) is 44.5 Å². The first-order valence-electron chi connectivity index (χ1n) is 11.3. The van der Waals surface area contributed by atoms with Gasteiger partial charge in [0.1, 0.15) is 17.8 Å². The van der Waals surface area contributed by atoms with Gasteiger partial charge in [-0.15, -0.1) is 0 Å². The van der Waals surface area contributed by atoms with E-state index in [-0.39, 0.29) is 57.9 Å². The third kappa shape index (κ3) is 4.05. The summed E-state index contributed by atoms with van der Waals surface area (Å²) in [5.41, 5.74) is 1.38. The van der Waals surface area contributed by atoms with Crippen LogP contribution in [-0.2, 0) is 19.7 Å². The SMILES string of the molecule is CC(=O)c1nn(Cc2ccc(F)c(Cl)c2)c(=O)c2c(OCc3ccccc3)c3n(c12)CCN(C)C3=O. The maximum absolute atomic E-state index is 13.8. The highest BCUT2D eigenvalue weighted by Crippen LogP contribution is 2.36. The Morgan fingerprint density at radius 1 is 1.11 bits per heavy atom. The van der Waals surface area contributed by atoms with E-state index in [0.29, 0.717) is 18.7 Å². The van der Waals surface area contributed by atoms with Gasteiger partial charge in [-0.05, 0) is 23.3 Å². The molecular weight excluding hydrogens is 487 g/mol. The number of carbonyl (C=O) groups is 2. The molecule has 0 N–H and O–H groups in total. The first-order chi connectivity index (χ1) is 17.3. The molecule has 2 aromatic heterocycles. The molecule has 0 saturated carbocycles. The molecule has 0 unspecified atom stereocenters. The molecule has 1 amide bonds. The number of carbonyl (C=O) groups excluding carboxylic acids is 2. The second-order valence-electron chi connectivity index (χ2n) is 8.67. The van der Waals surface area contributed by atoms with Crippen molar-refractivity contribution in [3.05, 3.63) is 92.2 Å².